The second-order valence-corrected chi connectivity index (χ2v) is 9.19. The number of aryl methyl sites for hydroxylation is 2. The van der Waals surface area contributed by atoms with Crippen LogP contribution in [-0.4, -0.2) is 21.2 Å². The average Bonchev–Trinajstić information content (AvgIpc) is 3.20. The first-order valence-corrected chi connectivity index (χ1v) is 11.5. The number of nitrogens with zero attached hydrogens (tertiary/aromatic N) is 2. The Bertz CT molecular complexity index is 1370. The number of carbonyl (C=O) groups is 1. The highest BCUT2D eigenvalue weighted by Crippen LogP contribution is 2.25. The van der Waals surface area contributed by atoms with Crippen molar-refractivity contribution in [1.82, 2.24) is 9.55 Å². The van der Waals surface area contributed by atoms with E-state index < -0.39 is 0 Å². The smallest absolute Gasteiger partial charge is 0.276 e. The third kappa shape index (κ3) is 4.51. The third-order valence-electron chi connectivity index (χ3n) is 4.65. The number of thiophene rings is 1. The monoisotopic (exact) mass is 473 g/mol. The highest BCUT2D eigenvalue weighted by atomic mass is 35.5. The molecule has 9 heteroatoms. The van der Waals surface area contributed by atoms with E-state index in [0.717, 1.165) is 17.3 Å². The van der Waals surface area contributed by atoms with Crippen LogP contribution in [0.5, 0.6) is 0 Å². The van der Waals surface area contributed by atoms with Crippen LogP contribution in [0.15, 0.2) is 57.8 Å². The summed E-state index contributed by atoms with van der Waals surface area (Å²) in [5.74, 6) is -0.571. The van der Waals surface area contributed by atoms with Gasteiger partial charge in [0.05, 0.1) is 17.0 Å². The van der Waals surface area contributed by atoms with Gasteiger partial charge in [0.25, 0.3) is 5.56 Å². The van der Waals surface area contributed by atoms with Crippen molar-refractivity contribution in [3.63, 3.8) is 0 Å². The molecule has 2 aromatic carbocycles. The van der Waals surface area contributed by atoms with E-state index in [0.29, 0.717) is 37.3 Å². The van der Waals surface area contributed by atoms with Gasteiger partial charge in [-0.1, -0.05) is 29.4 Å². The lowest BCUT2D eigenvalue weighted by atomic mass is 10.2. The molecule has 0 radical (unpaired) electrons. The zero-order valence-corrected chi connectivity index (χ0v) is 19.0. The number of carbonyl (C=O) groups excluding carboxylic acids is 1. The highest BCUT2D eigenvalue weighted by molar-refractivity contribution is 7.99. The standard InChI is InChI=1S/C22H17ClFN3O2S2/c1-12-3-4-14(23)10-18(12)25-19(28)11-31-22-26-17-7-8-30-20(17)21(29)27(22)15-5-6-16(24)13(2)9-15/h3-10H,11H2,1-2H3,(H,25,28). The van der Waals surface area contributed by atoms with Crippen LogP contribution in [0.25, 0.3) is 15.9 Å². The number of hydrogen-bond acceptors (Lipinski definition) is 5. The third-order valence-corrected chi connectivity index (χ3v) is 6.72. The lowest BCUT2D eigenvalue weighted by Crippen LogP contribution is -2.22. The number of benzene rings is 2. The molecule has 4 rings (SSSR count). The van der Waals surface area contributed by atoms with Gasteiger partial charge >= 0.3 is 0 Å². The molecule has 31 heavy (non-hydrogen) atoms. The van der Waals surface area contributed by atoms with Crippen molar-refractivity contribution >= 4 is 56.5 Å². The van der Waals surface area contributed by atoms with Crippen molar-refractivity contribution in [3.8, 4) is 5.69 Å². The van der Waals surface area contributed by atoms with E-state index in [4.69, 9.17) is 11.6 Å². The van der Waals surface area contributed by atoms with E-state index in [1.807, 2.05) is 13.0 Å². The van der Waals surface area contributed by atoms with Gasteiger partial charge in [-0.25, -0.2) is 9.37 Å². The lowest BCUT2D eigenvalue weighted by Gasteiger charge is -2.13. The molecular formula is C22H17ClFN3O2S2. The number of hydrogen-bond donors (Lipinski definition) is 1. The van der Waals surface area contributed by atoms with E-state index in [9.17, 15) is 14.0 Å². The van der Waals surface area contributed by atoms with Gasteiger partial charge < -0.3 is 5.32 Å². The second-order valence-electron chi connectivity index (χ2n) is 6.90. The van der Waals surface area contributed by atoms with Crippen molar-refractivity contribution in [2.45, 2.75) is 19.0 Å². The van der Waals surface area contributed by atoms with E-state index in [-0.39, 0.29) is 23.0 Å². The summed E-state index contributed by atoms with van der Waals surface area (Å²) < 4.78 is 15.7. The second kappa shape index (κ2) is 8.82. The molecule has 0 aliphatic rings. The molecule has 1 N–H and O–H groups in total. The fourth-order valence-electron chi connectivity index (χ4n) is 3.03. The molecule has 5 nitrogen and oxygen atoms in total. The van der Waals surface area contributed by atoms with E-state index in [1.54, 1.807) is 36.6 Å². The molecule has 0 bridgehead atoms. The molecule has 158 valence electrons. The Kier molecular flexibility index (Phi) is 6.13. The molecule has 0 aliphatic carbocycles. The normalized spacial score (nSPS) is 11.1. The summed E-state index contributed by atoms with van der Waals surface area (Å²) in [7, 11) is 0. The maximum Gasteiger partial charge on any atom is 0.276 e. The van der Waals surface area contributed by atoms with Crippen molar-refractivity contribution in [3.05, 3.63) is 80.2 Å². The molecule has 0 unspecified atom stereocenters. The van der Waals surface area contributed by atoms with Crippen LogP contribution in [0.1, 0.15) is 11.1 Å². The fraction of sp³-hybridized carbons (Fsp3) is 0.136. The number of anilines is 1. The lowest BCUT2D eigenvalue weighted by molar-refractivity contribution is -0.113. The first-order chi connectivity index (χ1) is 14.8. The number of rotatable bonds is 5. The van der Waals surface area contributed by atoms with Crippen LogP contribution in [0.4, 0.5) is 10.1 Å². The van der Waals surface area contributed by atoms with Gasteiger partial charge in [-0.05, 0) is 66.8 Å². The highest BCUT2D eigenvalue weighted by Gasteiger charge is 2.17. The Labute approximate surface area is 190 Å². The number of aromatic nitrogens is 2. The first-order valence-electron chi connectivity index (χ1n) is 9.29. The molecule has 0 saturated carbocycles. The molecule has 2 aromatic heterocycles. The molecule has 0 spiro atoms. The summed E-state index contributed by atoms with van der Waals surface area (Å²) in [5, 5.41) is 5.52. The molecule has 2 heterocycles. The van der Waals surface area contributed by atoms with Crippen molar-refractivity contribution < 1.29 is 9.18 Å². The van der Waals surface area contributed by atoms with Crippen LogP contribution < -0.4 is 10.9 Å². The molecule has 1 amide bonds. The van der Waals surface area contributed by atoms with Gasteiger partial charge in [0, 0.05) is 10.7 Å². The Morgan fingerprint density at radius 1 is 1.19 bits per heavy atom. The molecular weight excluding hydrogens is 457 g/mol. The van der Waals surface area contributed by atoms with E-state index in [1.165, 1.54) is 28.0 Å². The van der Waals surface area contributed by atoms with Gasteiger partial charge in [-0.3, -0.25) is 14.2 Å². The van der Waals surface area contributed by atoms with E-state index in [2.05, 4.69) is 10.3 Å². The van der Waals surface area contributed by atoms with Gasteiger partial charge in [-0.2, -0.15) is 0 Å². The zero-order valence-electron chi connectivity index (χ0n) is 16.6. The number of fused-ring (bicyclic) bond motifs is 1. The number of amides is 1. The number of nitrogens with one attached hydrogen (secondary N) is 1. The number of halogens is 2. The summed E-state index contributed by atoms with van der Waals surface area (Å²) in [6.07, 6.45) is 0. The Balaban J connectivity index is 1.66. The summed E-state index contributed by atoms with van der Waals surface area (Å²) in [5.41, 5.74) is 2.75. The average molecular weight is 474 g/mol. The summed E-state index contributed by atoms with van der Waals surface area (Å²) in [6.45, 7) is 3.51. The minimum atomic E-state index is -0.354. The Morgan fingerprint density at radius 2 is 2.00 bits per heavy atom. The summed E-state index contributed by atoms with van der Waals surface area (Å²) >= 11 is 8.45. The topological polar surface area (TPSA) is 64.0 Å². The summed E-state index contributed by atoms with van der Waals surface area (Å²) in [6, 6.07) is 11.5. The minimum absolute atomic E-state index is 0.0359. The predicted octanol–water partition coefficient (Wildman–Crippen LogP) is 5.59. The molecule has 0 fully saturated rings. The maximum absolute atomic E-state index is 13.8. The van der Waals surface area contributed by atoms with Crippen LogP contribution in [0.3, 0.4) is 0 Å². The van der Waals surface area contributed by atoms with E-state index >= 15 is 0 Å². The number of thioether (sulfide) groups is 1. The minimum Gasteiger partial charge on any atom is -0.325 e. The van der Waals surface area contributed by atoms with Gasteiger partial charge in [0.15, 0.2) is 5.16 Å². The molecule has 0 aliphatic heterocycles. The van der Waals surface area contributed by atoms with Crippen molar-refractivity contribution in [2.24, 2.45) is 0 Å². The zero-order chi connectivity index (χ0) is 22.1. The molecule has 0 atom stereocenters. The van der Waals surface area contributed by atoms with Gasteiger partial charge in [-0.15, -0.1) is 11.3 Å². The quantitative estimate of drug-likeness (QED) is 0.303. The van der Waals surface area contributed by atoms with Crippen molar-refractivity contribution in [2.75, 3.05) is 11.1 Å². The predicted molar refractivity (Wildman–Crippen MR) is 125 cm³/mol. The van der Waals surface area contributed by atoms with Crippen LogP contribution >= 0.6 is 34.7 Å². The van der Waals surface area contributed by atoms with Gasteiger partial charge in [0.2, 0.25) is 5.91 Å². The fourth-order valence-corrected chi connectivity index (χ4v) is 4.77. The first kappa shape index (κ1) is 21.5. The molecule has 4 aromatic rings. The van der Waals surface area contributed by atoms with Crippen LogP contribution in [-0.2, 0) is 4.79 Å². The maximum atomic E-state index is 13.8. The molecule has 0 saturated heterocycles. The van der Waals surface area contributed by atoms with Crippen molar-refractivity contribution in [1.29, 1.82) is 0 Å². The van der Waals surface area contributed by atoms with Crippen LogP contribution in [0, 0.1) is 19.7 Å². The SMILES string of the molecule is Cc1cc(-n2c(SCC(=O)Nc3cc(Cl)ccc3C)nc3ccsc3c2=O)ccc1F. The Morgan fingerprint density at radius 3 is 2.77 bits per heavy atom. The largest absolute Gasteiger partial charge is 0.325 e. The Hall–Kier alpha value is -2.68. The summed E-state index contributed by atoms with van der Waals surface area (Å²) in [4.78, 5) is 30.3. The van der Waals surface area contributed by atoms with Crippen LogP contribution in [0.2, 0.25) is 5.02 Å². The van der Waals surface area contributed by atoms with Gasteiger partial charge in [0.1, 0.15) is 10.5 Å².